The van der Waals surface area contributed by atoms with Gasteiger partial charge in [0.05, 0.1) is 41.1 Å². The van der Waals surface area contributed by atoms with Gasteiger partial charge in [0.1, 0.15) is 5.76 Å². The highest BCUT2D eigenvalue weighted by Gasteiger charge is 2.24. The van der Waals surface area contributed by atoms with Crippen LogP contribution in [0.25, 0.3) is 0 Å². The van der Waals surface area contributed by atoms with E-state index in [-0.39, 0.29) is 11.8 Å². The van der Waals surface area contributed by atoms with Crippen LogP contribution in [0.2, 0.25) is 0 Å². The Morgan fingerprint density at radius 2 is 2.11 bits per heavy atom. The van der Waals surface area contributed by atoms with Gasteiger partial charge in [0.2, 0.25) is 5.75 Å². The molecule has 3 aromatic heterocycles. The molecule has 8 nitrogen and oxygen atoms in total. The van der Waals surface area contributed by atoms with Crippen LogP contribution in [0.1, 0.15) is 37.6 Å². The lowest BCUT2D eigenvalue weighted by Gasteiger charge is -2.15. The molecule has 0 aliphatic rings. The van der Waals surface area contributed by atoms with Crippen LogP contribution in [0.15, 0.2) is 26.3 Å². The van der Waals surface area contributed by atoms with Crippen molar-refractivity contribution < 1.29 is 14.1 Å². The summed E-state index contributed by atoms with van der Waals surface area (Å²) in [4.78, 5) is 0. The minimum atomic E-state index is -1.44. The molecule has 0 fully saturated rings. The summed E-state index contributed by atoms with van der Waals surface area (Å²) in [5.41, 5.74) is 1.50. The third-order valence-electron chi connectivity index (χ3n) is 3.73. The summed E-state index contributed by atoms with van der Waals surface area (Å²) in [6.45, 7) is 6.42. The molecule has 0 aliphatic heterocycles. The molecule has 0 radical (unpaired) electrons. The zero-order valence-corrected chi connectivity index (χ0v) is 17.6. The van der Waals surface area contributed by atoms with E-state index in [2.05, 4.69) is 31.0 Å². The standard InChI is InChI=1S/C16H21N5O3S3/c1-4-10(12-6-9(3)7-24-12)18-14-15(21-26-20-14)19-11-8-25-16(13(11)22)27(23)17-5-2/h6-8,10,17,22H,4-5H2,1-3H3,(H,18,20)(H,19,21)/t10-,27?/m1/s1. The van der Waals surface area contributed by atoms with Crippen LogP contribution in [-0.2, 0) is 11.4 Å². The van der Waals surface area contributed by atoms with Gasteiger partial charge < -0.3 is 24.7 Å². The number of aromatic nitrogens is 2. The van der Waals surface area contributed by atoms with Gasteiger partial charge in [-0.25, -0.2) is 0 Å². The Morgan fingerprint density at radius 3 is 2.78 bits per heavy atom. The Morgan fingerprint density at radius 1 is 1.33 bits per heavy atom. The van der Waals surface area contributed by atoms with Gasteiger partial charge in [0, 0.05) is 11.9 Å². The molecule has 3 rings (SSSR count). The third-order valence-corrected chi connectivity index (χ3v) is 6.84. The van der Waals surface area contributed by atoms with E-state index < -0.39 is 11.4 Å². The first kappa shape index (κ1) is 20.0. The first-order valence-electron chi connectivity index (χ1n) is 8.40. The minimum absolute atomic E-state index is 0.0453. The lowest BCUT2D eigenvalue weighted by Crippen LogP contribution is -2.22. The van der Waals surface area contributed by atoms with Crippen LogP contribution in [0.4, 0.5) is 17.3 Å². The van der Waals surface area contributed by atoms with Crippen molar-refractivity contribution in [2.75, 3.05) is 17.2 Å². The van der Waals surface area contributed by atoms with Crippen molar-refractivity contribution in [2.24, 2.45) is 0 Å². The van der Waals surface area contributed by atoms with Crippen molar-refractivity contribution in [2.45, 2.75) is 37.4 Å². The van der Waals surface area contributed by atoms with E-state index in [1.807, 2.05) is 19.9 Å². The maximum absolute atomic E-state index is 12.1. The Hall–Kier alpha value is -1.79. The lowest BCUT2D eigenvalue weighted by atomic mass is 10.1. The van der Waals surface area contributed by atoms with Crippen molar-refractivity contribution in [1.29, 1.82) is 0 Å². The quantitative estimate of drug-likeness (QED) is 0.376. The second kappa shape index (κ2) is 8.93. The van der Waals surface area contributed by atoms with Gasteiger partial charge in [0.15, 0.2) is 11.6 Å². The van der Waals surface area contributed by atoms with Crippen LogP contribution in [0.3, 0.4) is 0 Å². The molecule has 0 aromatic carbocycles. The first-order chi connectivity index (χ1) is 13.0. The van der Waals surface area contributed by atoms with E-state index in [0.29, 0.717) is 28.1 Å². The Labute approximate surface area is 168 Å². The minimum Gasteiger partial charge on any atom is -0.592 e. The summed E-state index contributed by atoms with van der Waals surface area (Å²) in [5, 5.41) is 18.5. The van der Waals surface area contributed by atoms with Crippen LogP contribution in [0, 0.1) is 6.92 Å². The highest BCUT2D eigenvalue weighted by molar-refractivity contribution is 7.91. The van der Waals surface area contributed by atoms with Gasteiger partial charge in [0.25, 0.3) is 4.21 Å². The molecule has 0 aliphatic carbocycles. The predicted molar refractivity (Wildman–Crippen MR) is 109 cm³/mol. The number of hydrogen-bond donors (Lipinski definition) is 4. The SMILES string of the molecule is CCN[S+]([O-])c1scc(Nc2nsnc2N[C@H](CC)c2cc(C)co2)c1O. The summed E-state index contributed by atoms with van der Waals surface area (Å²) in [6.07, 6.45) is 2.52. The van der Waals surface area contributed by atoms with Gasteiger partial charge >= 0.3 is 0 Å². The highest BCUT2D eigenvalue weighted by Crippen LogP contribution is 2.40. The Balaban J connectivity index is 1.76. The van der Waals surface area contributed by atoms with Gasteiger partial charge in [-0.1, -0.05) is 18.3 Å². The molecule has 1 unspecified atom stereocenters. The average molecular weight is 428 g/mol. The van der Waals surface area contributed by atoms with E-state index in [1.165, 1.54) is 11.3 Å². The molecule has 0 saturated carbocycles. The van der Waals surface area contributed by atoms with E-state index in [1.54, 1.807) is 11.6 Å². The third kappa shape index (κ3) is 4.55. The van der Waals surface area contributed by atoms with Crippen LogP contribution >= 0.6 is 23.1 Å². The van der Waals surface area contributed by atoms with E-state index in [9.17, 15) is 9.66 Å². The number of anilines is 3. The first-order valence-corrected chi connectivity index (χ1v) is 11.2. The number of aromatic hydroxyl groups is 1. The van der Waals surface area contributed by atoms with Crippen molar-refractivity contribution in [3.8, 4) is 5.75 Å². The van der Waals surface area contributed by atoms with E-state index >= 15 is 0 Å². The fraction of sp³-hybridized carbons (Fsp3) is 0.375. The number of nitrogens with zero attached hydrogens (tertiary/aromatic N) is 2. The van der Waals surface area contributed by atoms with Crippen molar-refractivity contribution in [3.05, 3.63) is 29.0 Å². The largest absolute Gasteiger partial charge is 0.592 e. The molecule has 0 amide bonds. The van der Waals surface area contributed by atoms with Crippen LogP contribution in [-0.4, -0.2) is 25.0 Å². The van der Waals surface area contributed by atoms with Crippen LogP contribution in [0.5, 0.6) is 5.75 Å². The van der Waals surface area contributed by atoms with Crippen LogP contribution < -0.4 is 15.4 Å². The lowest BCUT2D eigenvalue weighted by molar-refractivity contribution is 0.465. The summed E-state index contributed by atoms with van der Waals surface area (Å²) < 4.78 is 29.4. The zero-order valence-electron chi connectivity index (χ0n) is 15.1. The summed E-state index contributed by atoms with van der Waals surface area (Å²) in [7, 11) is 0. The maximum atomic E-state index is 12.1. The van der Waals surface area contributed by atoms with Crippen molar-refractivity contribution >= 4 is 51.7 Å². The molecule has 3 heterocycles. The topological polar surface area (TPSA) is 118 Å². The molecule has 3 aromatic rings. The second-order valence-electron chi connectivity index (χ2n) is 5.77. The molecular weight excluding hydrogens is 406 g/mol. The number of furan rings is 1. The van der Waals surface area contributed by atoms with Crippen molar-refractivity contribution in [1.82, 2.24) is 13.5 Å². The normalized spacial score (nSPS) is 13.5. The number of rotatable bonds is 9. The monoisotopic (exact) mass is 427 g/mol. The zero-order chi connectivity index (χ0) is 19.4. The van der Waals surface area contributed by atoms with Gasteiger partial charge in [-0.3, -0.25) is 0 Å². The average Bonchev–Trinajstić information content (AvgIpc) is 3.35. The predicted octanol–water partition coefficient (Wildman–Crippen LogP) is 4.15. The fourth-order valence-corrected chi connectivity index (χ4v) is 4.86. The smallest absolute Gasteiger partial charge is 0.271 e. The highest BCUT2D eigenvalue weighted by atomic mass is 32.2. The number of hydrogen-bond acceptors (Lipinski definition) is 10. The van der Waals surface area contributed by atoms with E-state index in [0.717, 1.165) is 29.5 Å². The molecule has 0 saturated heterocycles. The Bertz CT molecular complexity index is 878. The number of nitrogens with one attached hydrogen (secondary N) is 3. The maximum Gasteiger partial charge on any atom is 0.271 e. The van der Waals surface area contributed by atoms with E-state index in [4.69, 9.17) is 4.42 Å². The summed E-state index contributed by atoms with van der Waals surface area (Å²) in [5.74, 6) is 1.85. The fourth-order valence-electron chi connectivity index (χ4n) is 2.42. The molecule has 4 N–H and O–H groups in total. The molecule has 11 heteroatoms. The molecular formula is C16H21N5O3S3. The Kier molecular flexibility index (Phi) is 6.60. The van der Waals surface area contributed by atoms with Gasteiger partial charge in [-0.05, 0) is 31.9 Å². The summed E-state index contributed by atoms with van der Waals surface area (Å²) >= 11 is 0.830. The molecule has 0 bridgehead atoms. The second-order valence-corrected chi connectivity index (χ2v) is 8.67. The number of thiophene rings is 1. The summed E-state index contributed by atoms with van der Waals surface area (Å²) in [6, 6.07) is 1.94. The molecule has 0 spiro atoms. The van der Waals surface area contributed by atoms with Crippen molar-refractivity contribution in [3.63, 3.8) is 0 Å². The molecule has 2 atom stereocenters. The van der Waals surface area contributed by atoms with Gasteiger partial charge in [-0.15, -0.1) is 4.72 Å². The van der Waals surface area contributed by atoms with Gasteiger partial charge in [-0.2, -0.15) is 8.75 Å². The molecule has 27 heavy (non-hydrogen) atoms. The molecule has 146 valence electrons. The number of aryl methyl sites for hydroxylation is 1.